The molecule has 17 heavy (non-hydrogen) atoms. The first-order chi connectivity index (χ1) is 7.84. The van der Waals surface area contributed by atoms with Crippen LogP contribution in [-0.4, -0.2) is 28.0 Å². The van der Waals surface area contributed by atoms with Gasteiger partial charge in [-0.15, -0.1) is 0 Å². The van der Waals surface area contributed by atoms with Crippen molar-refractivity contribution < 1.29 is 17.9 Å². The third-order valence-electron chi connectivity index (χ3n) is 1.87. The topological polar surface area (TPSA) is 98.5 Å². The van der Waals surface area contributed by atoms with Gasteiger partial charge in [0.1, 0.15) is 5.75 Å². The van der Waals surface area contributed by atoms with Crippen LogP contribution in [0.1, 0.15) is 0 Å². The van der Waals surface area contributed by atoms with Crippen molar-refractivity contribution in [2.45, 2.75) is 4.90 Å². The molecule has 0 spiro atoms. The Bertz CT molecular complexity index is 530. The van der Waals surface area contributed by atoms with Crippen LogP contribution in [0.2, 0.25) is 0 Å². The van der Waals surface area contributed by atoms with Crippen molar-refractivity contribution in [1.82, 2.24) is 5.32 Å². The minimum absolute atomic E-state index is 0.0309. The summed E-state index contributed by atoms with van der Waals surface area (Å²) in [5, 5.41) is 7.36. The molecule has 6 nitrogen and oxygen atoms in total. The van der Waals surface area contributed by atoms with E-state index >= 15 is 0 Å². The predicted molar refractivity (Wildman–Crippen MR) is 65.1 cm³/mol. The summed E-state index contributed by atoms with van der Waals surface area (Å²) >= 11 is 3.13. The molecule has 0 bridgehead atoms. The maximum Gasteiger partial charge on any atom is 0.257 e. The van der Waals surface area contributed by atoms with Crippen LogP contribution in [0.5, 0.6) is 5.75 Å². The molecule has 3 N–H and O–H groups in total. The van der Waals surface area contributed by atoms with Gasteiger partial charge in [0.25, 0.3) is 5.91 Å². The number of carbonyl (C=O) groups excluding carboxylic acids is 1. The first-order valence-electron chi connectivity index (χ1n) is 4.50. The van der Waals surface area contributed by atoms with Crippen molar-refractivity contribution in [2.75, 3.05) is 13.7 Å². The molecule has 0 heterocycles. The number of ether oxygens (including phenoxy) is 1. The van der Waals surface area contributed by atoms with Gasteiger partial charge in [0.2, 0.25) is 10.0 Å². The van der Waals surface area contributed by atoms with E-state index in [0.717, 1.165) is 0 Å². The average molecular weight is 323 g/mol. The van der Waals surface area contributed by atoms with Crippen LogP contribution in [0.15, 0.2) is 27.6 Å². The van der Waals surface area contributed by atoms with E-state index in [1.807, 2.05) is 0 Å². The highest BCUT2D eigenvalue weighted by molar-refractivity contribution is 9.10. The number of benzene rings is 1. The van der Waals surface area contributed by atoms with E-state index in [1.54, 1.807) is 0 Å². The van der Waals surface area contributed by atoms with Crippen LogP contribution in [0, 0.1) is 0 Å². The number of carbonyl (C=O) groups is 1. The van der Waals surface area contributed by atoms with Gasteiger partial charge in [-0.25, -0.2) is 13.6 Å². The van der Waals surface area contributed by atoms with Gasteiger partial charge < -0.3 is 10.1 Å². The first kappa shape index (κ1) is 13.9. The number of hydrogen-bond acceptors (Lipinski definition) is 4. The second-order valence-electron chi connectivity index (χ2n) is 3.10. The zero-order valence-electron chi connectivity index (χ0n) is 8.94. The van der Waals surface area contributed by atoms with Crippen molar-refractivity contribution in [3.8, 4) is 5.75 Å². The van der Waals surface area contributed by atoms with Crippen molar-refractivity contribution >= 4 is 31.9 Å². The van der Waals surface area contributed by atoms with Crippen molar-refractivity contribution in [3.05, 3.63) is 22.7 Å². The zero-order valence-corrected chi connectivity index (χ0v) is 11.3. The van der Waals surface area contributed by atoms with E-state index < -0.39 is 10.0 Å². The Morgan fingerprint density at radius 2 is 2.18 bits per heavy atom. The normalized spacial score (nSPS) is 11.0. The zero-order chi connectivity index (χ0) is 13.1. The molecule has 0 aliphatic heterocycles. The summed E-state index contributed by atoms with van der Waals surface area (Å²) in [5.74, 6) is 0.0772. The fraction of sp³-hybridized carbons (Fsp3) is 0.222. The summed E-state index contributed by atoms with van der Waals surface area (Å²) in [4.78, 5) is 10.9. The Morgan fingerprint density at radius 1 is 1.53 bits per heavy atom. The molecule has 8 heteroatoms. The lowest BCUT2D eigenvalue weighted by atomic mass is 10.3. The van der Waals surface area contributed by atoms with Gasteiger partial charge in [-0.1, -0.05) is 0 Å². The molecule has 1 aromatic rings. The second-order valence-corrected chi connectivity index (χ2v) is 5.51. The first-order valence-corrected chi connectivity index (χ1v) is 6.84. The predicted octanol–water partition coefficient (Wildman–Crippen LogP) is 0.221. The lowest BCUT2D eigenvalue weighted by molar-refractivity contribution is -0.122. The van der Waals surface area contributed by atoms with Crippen LogP contribution in [0.4, 0.5) is 0 Å². The highest BCUT2D eigenvalue weighted by atomic mass is 79.9. The van der Waals surface area contributed by atoms with E-state index in [0.29, 0.717) is 10.2 Å². The lowest BCUT2D eigenvalue weighted by Gasteiger charge is -2.08. The summed E-state index contributed by atoms with van der Waals surface area (Å²) in [7, 11) is -2.25. The molecule has 1 aromatic carbocycles. The molecule has 0 aromatic heterocycles. The minimum atomic E-state index is -3.74. The Morgan fingerprint density at radius 3 is 2.65 bits per heavy atom. The standard InChI is InChI=1S/C9H11BrN2O4S/c1-12-9(13)5-16-8-3-2-6(4-7(8)10)17(11,14)15/h2-4H,5H2,1H3,(H,12,13)(H2,11,14,15). The molecular formula is C9H11BrN2O4S. The lowest BCUT2D eigenvalue weighted by Crippen LogP contribution is -2.24. The van der Waals surface area contributed by atoms with Crippen LogP contribution < -0.4 is 15.2 Å². The van der Waals surface area contributed by atoms with Crippen LogP contribution >= 0.6 is 15.9 Å². The van der Waals surface area contributed by atoms with Crippen molar-refractivity contribution in [2.24, 2.45) is 5.14 Å². The average Bonchev–Trinajstić information content (AvgIpc) is 2.25. The number of amides is 1. The molecule has 0 radical (unpaired) electrons. The summed E-state index contributed by atoms with van der Waals surface area (Å²) in [5.41, 5.74) is 0. The maximum absolute atomic E-state index is 11.1. The van der Waals surface area contributed by atoms with Crippen LogP contribution in [0.25, 0.3) is 0 Å². The number of primary sulfonamides is 1. The van der Waals surface area contributed by atoms with Gasteiger partial charge in [-0.05, 0) is 34.1 Å². The largest absolute Gasteiger partial charge is 0.483 e. The quantitative estimate of drug-likeness (QED) is 0.828. The number of nitrogens with two attached hydrogens (primary N) is 1. The van der Waals surface area contributed by atoms with Crippen LogP contribution in [-0.2, 0) is 14.8 Å². The third-order valence-corrected chi connectivity index (χ3v) is 3.40. The van der Waals surface area contributed by atoms with E-state index in [1.165, 1.54) is 25.2 Å². The summed E-state index contributed by atoms with van der Waals surface area (Å²) in [6.45, 7) is -0.149. The van der Waals surface area contributed by atoms with E-state index in [-0.39, 0.29) is 17.4 Å². The van der Waals surface area contributed by atoms with E-state index in [2.05, 4.69) is 21.2 Å². The fourth-order valence-corrected chi connectivity index (χ4v) is 2.18. The third kappa shape index (κ3) is 3.99. The Kier molecular flexibility index (Phi) is 4.49. The number of likely N-dealkylation sites (N-methyl/N-ethyl adjacent to an activating group) is 1. The highest BCUT2D eigenvalue weighted by Gasteiger charge is 2.11. The van der Waals surface area contributed by atoms with Gasteiger partial charge in [0.05, 0.1) is 9.37 Å². The number of hydrogen-bond donors (Lipinski definition) is 2. The molecular weight excluding hydrogens is 312 g/mol. The number of sulfonamides is 1. The van der Waals surface area contributed by atoms with Crippen molar-refractivity contribution in [1.29, 1.82) is 0 Å². The number of nitrogens with one attached hydrogen (secondary N) is 1. The highest BCUT2D eigenvalue weighted by Crippen LogP contribution is 2.27. The maximum atomic E-state index is 11.1. The van der Waals surface area contributed by atoms with Gasteiger partial charge >= 0.3 is 0 Å². The monoisotopic (exact) mass is 322 g/mol. The summed E-state index contributed by atoms with van der Waals surface area (Å²) in [6.07, 6.45) is 0. The van der Waals surface area contributed by atoms with E-state index in [4.69, 9.17) is 9.88 Å². The number of rotatable bonds is 4. The number of halogens is 1. The molecule has 0 saturated heterocycles. The SMILES string of the molecule is CNC(=O)COc1ccc(S(N)(=O)=O)cc1Br. The molecule has 0 saturated carbocycles. The Hall–Kier alpha value is -1.12. The Balaban J connectivity index is 2.88. The Labute approximate surface area is 107 Å². The molecule has 0 aliphatic carbocycles. The second kappa shape index (κ2) is 5.48. The van der Waals surface area contributed by atoms with Gasteiger partial charge in [0.15, 0.2) is 6.61 Å². The van der Waals surface area contributed by atoms with Crippen molar-refractivity contribution in [3.63, 3.8) is 0 Å². The minimum Gasteiger partial charge on any atom is -0.483 e. The molecule has 0 fully saturated rings. The summed E-state index contributed by atoms with van der Waals surface area (Å²) < 4.78 is 27.7. The smallest absolute Gasteiger partial charge is 0.257 e. The fourth-order valence-electron chi connectivity index (χ4n) is 0.991. The molecule has 0 atom stereocenters. The van der Waals surface area contributed by atoms with Crippen LogP contribution in [0.3, 0.4) is 0 Å². The van der Waals surface area contributed by atoms with Gasteiger partial charge in [0, 0.05) is 7.05 Å². The molecule has 0 unspecified atom stereocenters. The van der Waals surface area contributed by atoms with Gasteiger partial charge in [-0.2, -0.15) is 0 Å². The summed E-state index contributed by atoms with van der Waals surface area (Å²) in [6, 6.07) is 4.04. The molecule has 94 valence electrons. The molecule has 1 rings (SSSR count). The van der Waals surface area contributed by atoms with E-state index in [9.17, 15) is 13.2 Å². The van der Waals surface area contributed by atoms with Gasteiger partial charge in [-0.3, -0.25) is 4.79 Å². The molecule has 0 aliphatic rings. The molecule has 1 amide bonds.